The summed E-state index contributed by atoms with van der Waals surface area (Å²) in [7, 11) is 1.65. The fourth-order valence-electron chi connectivity index (χ4n) is 4.36. The molecule has 0 aliphatic carbocycles. The van der Waals surface area contributed by atoms with Crippen LogP contribution in [0.15, 0.2) is 89.7 Å². The minimum absolute atomic E-state index is 0.245. The Bertz CT molecular complexity index is 1590. The molecule has 180 valence electrons. The van der Waals surface area contributed by atoms with E-state index in [9.17, 15) is 4.79 Å². The standard InChI is InChI=1S/C30H26N2O4/c1-4-35-27-17-28-23(24(18-36-28)21-11-5-6-13-26(21)34-3)16-22(27)19(2)15-29(33)32-25-12-7-9-20-10-8-14-31-30(20)25/h5-18H,4H2,1-3H3,(H,32,33)/b19-15+. The van der Waals surface area contributed by atoms with Crippen LogP contribution in [-0.2, 0) is 4.79 Å². The smallest absolute Gasteiger partial charge is 0.248 e. The maximum Gasteiger partial charge on any atom is 0.248 e. The third-order valence-electron chi connectivity index (χ3n) is 6.04. The SMILES string of the molecule is CCOc1cc2occ(-c3ccccc3OC)c2cc1/C(C)=C/C(=O)Nc1cccc2cccnc12. The first-order valence-corrected chi connectivity index (χ1v) is 11.7. The molecule has 6 heteroatoms. The van der Waals surface area contributed by atoms with Crippen molar-refractivity contribution in [2.45, 2.75) is 13.8 Å². The second-order valence-corrected chi connectivity index (χ2v) is 8.32. The topological polar surface area (TPSA) is 73.6 Å². The molecule has 0 atom stereocenters. The molecule has 1 N–H and O–H groups in total. The molecule has 5 rings (SSSR count). The molecule has 0 aliphatic rings. The number of methoxy groups -OCH3 is 1. The fraction of sp³-hybridized carbons (Fsp3) is 0.133. The largest absolute Gasteiger partial charge is 0.496 e. The number of amides is 1. The normalized spacial score (nSPS) is 11.6. The van der Waals surface area contributed by atoms with Crippen molar-refractivity contribution in [3.05, 3.63) is 90.8 Å². The summed E-state index contributed by atoms with van der Waals surface area (Å²) >= 11 is 0. The van der Waals surface area contributed by atoms with Gasteiger partial charge in [0.1, 0.15) is 17.1 Å². The first-order chi connectivity index (χ1) is 17.6. The lowest BCUT2D eigenvalue weighted by molar-refractivity contribution is -0.111. The lowest BCUT2D eigenvalue weighted by Crippen LogP contribution is -2.09. The number of ether oxygens (including phenoxy) is 2. The Morgan fingerprint density at radius 3 is 2.69 bits per heavy atom. The first kappa shape index (κ1) is 23.2. The number of fused-ring (bicyclic) bond motifs is 2. The predicted molar refractivity (Wildman–Crippen MR) is 143 cm³/mol. The maximum absolute atomic E-state index is 13.0. The lowest BCUT2D eigenvalue weighted by Gasteiger charge is -2.12. The Labute approximate surface area is 209 Å². The number of hydrogen-bond donors (Lipinski definition) is 1. The van der Waals surface area contributed by atoms with Gasteiger partial charge < -0.3 is 19.2 Å². The van der Waals surface area contributed by atoms with Crippen LogP contribution in [0.1, 0.15) is 19.4 Å². The van der Waals surface area contributed by atoms with Crippen molar-refractivity contribution in [2.24, 2.45) is 0 Å². The number of rotatable bonds is 7. The number of allylic oxidation sites excluding steroid dienone is 1. The second-order valence-electron chi connectivity index (χ2n) is 8.32. The number of furan rings is 1. The summed E-state index contributed by atoms with van der Waals surface area (Å²) in [5.74, 6) is 1.16. The van der Waals surface area contributed by atoms with E-state index in [-0.39, 0.29) is 5.91 Å². The predicted octanol–water partition coefficient (Wildman–Crippen LogP) is 7.10. The highest BCUT2D eigenvalue weighted by molar-refractivity contribution is 6.08. The van der Waals surface area contributed by atoms with Gasteiger partial charge in [-0.05, 0) is 43.7 Å². The number of aromatic nitrogens is 1. The molecule has 0 unspecified atom stereocenters. The Kier molecular flexibility index (Phi) is 6.41. The Morgan fingerprint density at radius 2 is 1.86 bits per heavy atom. The Morgan fingerprint density at radius 1 is 1.03 bits per heavy atom. The summed E-state index contributed by atoms with van der Waals surface area (Å²) in [6, 6.07) is 21.2. The minimum atomic E-state index is -0.245. The van der Waals surface area contributed by atoms with E-state index in [2.05, 4.69) is 10.3 Å². The summed E-state index contributed by atoms with van der Waals surface area (Å²) in [5, 5.41) is 4.84. The van der Waals surface area contributed by atoms with E-state index in [0.717, 1.165) is 44.3 Å². The highest BCUT2D eigenvalue weighted by atomic mass is 16.5. The number of nitrogens with zero attached hydrogens (tertiary/aromatic N) is 1. The summed E-state index contributed by atoms with van der Waals surface area (Å²) in [6.45, 7) is 4.31. The number of para-hydroxylation sites is 2. The van der Waals surface area contributed by atoms with Crippen LogP contribution in [0.5, 0.6) is 11.5 Å². The number of benzene rings is 3. The quantitative estimate of drug-likeness (QED) is 0.253. The summed E-state index contributed by atoms with van der Waals surface area (Å²) in [4.78, 5) is 17.4. The van der Waals surface area contributed by atoms with Gasteiger partial charge >= 0.3 is 0 Å². The van der Waals surface area contributed by atoms with Crippen molar-refractivity contribution in [1.82, 2.24) is 4.98 Å². The Hall–Kier alpha value is -4.58. The average molecular weight is 479 g/mol. The van der Waals surface area contributed by atoms with Crippen LogP contribution in [0.4, 0.5) is 5.69 Å². The molecule has 0 bridgehead atoms. The van der Waals surface area contributed by atoms with Crippen LogP contribution >= 0.6 is 0 Å². The third kappa shape index (κ3) is 4.41. The first-order valence-electron chi connectivity index (χ1n) is 11.7. The summed E-state index contributed by atoms with van der Waals surface area (Å²) in [5.41, 5.74) is 5.52. The number of anilines is 1. The zero-order valence-corrected chi connectivity index (χ0v) is 20.4. The highest BCUT2D eigenvalue weighted by Crippen LogP contribution is 2.40. The van der Waals surface area contributed by atoms with Crippen LogP contribution in [0, 0.1) is 0 Å². The lowest BCUT2D eigenvalue weighted by atomic mass is 9.98. The minimum Gasteiger partial charge on any atom is -0.496 e. The maximum atomic E-state index is 13.0. The molecule has 0 saturated carbocycles. The van der Waals surface area contributed by atoms with Crippen molar-refractivity contribution >= 4 is 39.0 Å². The molecule has 0 fully saturated rings. The molecule has 2 aromatic heterocycles. The number of hydrogen-bond acceptors (Lipinski definition) is 5. The van der Waals surface area contributed by atoms with Gasteiger partial charge in [0.25, 0.3) is 0 Å². The van der Waals surface area contributed by atoms with Crippen molar-refractivity contribution in [1.29, 1.82) is 0 Å². The molecule has 0 spiro atoms. The molecule has 0 radical (unpaired) electrons. The second kappa shape index (κ2) is 9.96. The number of carbonyl (C=O) groups excluding carboxylic acids is 1. The van der Waals surface area contributed by atoms with Gasteiger partial charge in [-0.2, -0.15) is 0 Å². The van der Waals surface area contributed by atoms with Crippen LogP contribution in [0.2, 0.25) is 0 Å². The van der Waals surface area contributed by atoms with Gasteiger partial charge in [-0.15, -0.1) is 0 Å². The van der Waals surface area contributed by atoms with Gasteiger partial charge in [0.15, 0.2) is 0 Å². The summed E-state index contributed by atoms with van der Waals surface area (Å²) in [6.07, 6.45) is 5.02. The van der Waals surface area contributed by atoms with Crippen LogP contribution in [0.25, 0.3) is 38.6 Å². The van der Waals surface area contributed by atoms with E-state index in [1.54, 1.807) is 25.6 Å². The monoisotopic (exact) mass is 478 g/mol. The molecule has 36 heavy (non-hydrogen) atoms. The van der Waals surface area contributed by atoms with E-state index < -0.39 is 0 Å². The van der Waals surface area contributed by atoms with Gasteiger partial charge in [0.2, 0.25) is 5.91 Å². The zero-order chi connectivity index (χ0) is 25.1. The van der Waals surface area contributed by atoms with Gasteiger partial charge in [0, 0.05) is 45.8 Å². The third-order valence-corrected chi connectivity index (χ3v) is 6.04. The fourth-order valence-corrected chi connectivity index (χ4v) is 4.36. The molecule has 6 nitrogen and oxygen atoms in total. The van der Waals surface area contributed by atoms with Crippen molar-refractivity contribution in [2.75, 3.05) is 19.0 Å². The molecule has 1 amide bonds. The van der Waals surface area contributed by atoms with Gasteiger partial charge in [0.05, 0.1) is 31.2 Å². The highest BCUT2D eigenvalue weighted by Gasteiger charge is 2.17. The van der Waals surface area contributed by atoms with Crippen LogP contribution < -0.4 is 14.8 Å². The van der Waals surface area contributed by atoms with E-state index in [1.807, 2.05) is 80.6 Å². The van der Waals surface area contributed by atoms with Gasteiger partial charge in [-0.1, -0.05) is 36.4 Å². The van der Waals surface area contributed by atoms with E-state index in [4.69, 9.17) is 13.9 Å². The van der Waals surface area contributed by atoms with Gasteiger partial charge in [-0.25, -0.2) is 0 Å². The van der Waals surface area contributed by atoms with Gasteiger partial charge in [-0.3, -0.25) is 9.78 Å². The Balaban J connectivity index is 1.54. The number of carbonyl (C=O) groups is 1. The van der Waals surface area contributed by atoms with E-state index in [0.29, 0.717) is 23.6 Å². The number of pyridine rings is 1. The molecular weight excluding hydrogens is 452 g/mol. The van der Waals surface area contributed by atoms with E-state index >= 15 is 0 Å². The van der Waals surface area contributed by atoms with E-state index in [1.165, 1.54) is 0 Å². The summed E-state index contributed by atoms with van der Waals surface area (Å²) < 4.78 is 17.4. The average Bonchev–Trinajstić information content (AvgIpc) is 3.31. The zero-order valence-electron chi connectivity index (χ0n) is 20.4. The van der Waals surface area contributed by atoms with Crippen molar-refractivity contribution < 1.29 is 18.7 Å². The molecular formula is C30H26N2O4. The van der Waals surface area contributed by atoms with Crippen molar-refractivity contribution in [3.8, 4) is 22.6 Å². The molecule has 0 saturated heterocycles. The molecule has 2 heterocycles. The molecule has 5 aromatic rings. The molecule has 3 aromatic carbocycles. The van der Waals surface area contributed by atoms with Crippen molar-refractivity contribution in [3.63, 3.8) is 0 Å². The van der Waals surface area contributed by atoms with Crippen LogP contribution in [-0.4, -0.2) is 24.6 Å². The number of nitrogens with one attached hydrogen (secondary N) is 1. The van der Waals surface area contributed by atoms with Crippen LogP contribution in [0.3, 0.4) is 0 Å². The molecule has 0 aliphatic heterocycles.